The zero-order valence-corrected chi connectivity index (χ0v) is 11.9. The molecule has 106 valence electrons. The predicted octanol–water partition coefficient (Wildman–Crippen LogP) is 2.57. The van der Waals surface area contributed by atoms with Crippen LogP contribution in [0.2, 0.25) is 0 Å². The molecule has 2 aromatic rings. The van der Waals surface area contributed by atoms with Crippen LogP contribution in [0.25, 0.3) is 0 Å². The first-order valence-corrected chi connectivity index (χ1v) is 7.80. The Morgan fingerprint density at radius 3 is 2.57 bits per heavy atom. The second kappa shape index (κ2) is 5.77. The lowest BCUT2D eigenvalue weighted by Crippen LogP contribution is -1.97. The Bertz CT molecular complexity index is 835. The van der Waals surface area contributed by atoms with Crippen LogP contribution in [0, 0.1) is 11.3 Å². The van der Waals surface area contributed by atoms with Crippen LogP contribution >= 0.6 is 0 Å². The smallest absolute Gasteiger partial charge is 0.175 e. The fraction of sp³-hybridized carbons (Fsp3) is 0.0667. The van der Waals surface area contributed by atoms with E-state index in [1.807, 2.05) is 6.07 Å². The summed E-state index contributed by atoms with van der Waals surface area (Å²) >= 11 is 0. The van der Waals surface area contributed by atoms with Crippen molar-refractivity contribution in [2.45, 2.75) is 4.90 Å². The van der Waals surface area contributed by atoms with Crippen LogP contribution < -0.4 is 4.74 Å². The number of hydrogen-bond acceptors (Lipinski definition) is 5. The fourth-order valence-corrected chi connectivity index (χ4v) is 2.35. The molecule has 0 spiro atoms. The maximum Gasteiger partial charge on any atom is 0.175 e. The van der Waals surface area contributed by atoms with Crippen molar-refractivity contribution in [1.82, 2.24) is 0 Å². The van der Waals surface area contributed by atoms with Gasteiger partial charge in [-0.1, -0.05) is 6.07 Å². The topological polar surface area (TPSA) is 84.2 Å². The van der Waals surface area contributed by atoms with Gasteiger partial charge in [-0.3, -0.25) is 4.79 Å². The minimum atomic E-state index is -3.34. The van der Waals surface area contributed by atoms with Gasteiger partial charge in [0.05, 0.1) is 10.5 Å². The van der Waals surface area contributed by atoms with E-state index in [1.54, 1.807) is 12.1 Å². The first-order chi connectivity index (χ1) is 9.94. The number of sulfone groups is 1. The third kappa shape index (κ3) is 3.46. The number of nitrogens with zero attached hydrogens (tertiary/aromatic N) is 1. The van der Waals surface area contributed by atoms with Crippen molar-refractivity contribution in [1.29, 1.82) is 5.26 Å². The van der Waals surface area contributed by atoms with E-state index in [2.05, 4.69) is 0 Å². The van der Waals surface area contributed by atoms with E-state index in [-0.39, 0.29) is 16.2 Å². The average Bonchev–Trinajstić information content (AvgIpc) is 2.47. The third-order valence-corrected chi connectivity index (χ3v) is 3.83. The highest BCUT2D eigenvalue weighted by atomic mass is 32.2. The Kier molecular flexibility index (Phi) is 4.05. The summed E-state index contributed by atoms with van der Waals surface area (Å²) in [5, 5.41) is 9.06. The van der Waals surface area contributed by atoms with Gasteiger partial charge in [-0.15, -0.1) is 0 Å². The van der Waals surface area contributed by atoms with Crippen molar-refractivity contribution in [2.75, 3.05) is 6.26 Å². The Hall–Kier alpha value is -2.65. The van der Waals surface area contributed by atoms with Gasteiger partial charge in [0.1, 0.15) is 23.9 Å². The lowest BCUT2D eigenvalue weighted by molar-refractivity contribution is 0.112. The van der Waals surface area contributed by atoms with Gasteiger partial charge >= 0.3 is 0 Å². The molecule has 0 fully saturated rings. The van der Waals surface area contributed by atoms with Gasteiger partial charge in [-0.25, -0.2) is 8.42 Å². The van der Waals surface area contributed by atoms with Gasteiger partial charge in [0.15, 0.2) is 9.84 Å². The number of benzene rings is 2. The van der Waals surface area contributed by atoms with Crippen LogP contribution in [0.15, 0.2) is 47.4 Å². The summed E-state index contributed by atoms with van der Waals surface area (Å²) in [6, 6.07) is 12.3. The lowest BCUT2D eigenvalue weighted by atomic mass is 10.1. The Balaban J connectivity index is 2.39. The Morgan fingerprint density at radius 2 is 1.95 bits per heavy atom. The quantitative estimate of drug-likeness (QED) is 0.810. The van der Waals surface area contributed by atoms with E-state index in [4.69, 9.17) is 10.00 Å². The molecular weight excluding hydrogens is 290 g/mol. The van der Waals surface area contributed by atoms with Crippen LogP contribution in [0.3, 0.4) is 0 Å². The van der Waals surface area contributed by atoms with Gasteiger partial charge in [0.2, 0.25) is 0 Å². The maximum atomic E-state index is 11.5. The average molecular weight is 301 g/mol. The molecule has 21 heavy (non-hydrogen) atoms. The molecule has 5 nitrogen and oxygen atoms in total. The lowest BCUT2D eigenvalue weighted by Gasteiger charge is -2.08. The van der Waals surface area contributed by atoms with Crippen LogP contribution in [0.5, 0.6) is 11.5 Å². The normalized spacial score (nSPS) is 10.7. The molecule has 0 aliphatic heterocycles. The summed E-state index contributed by atoms with van der Waals surface area (Å²) in [5.41, 5.74) is 0.563. The molecule has 0 heterocycles. The van der Waals surface area contributed by atoms with Crippen LogP contribution in [-0.4, -0.2) is 21.0 Å². The molecule has 2 rings (SSSR count). The molecule has 6 heteroatoms. The second-order valence-corrected chi connectivity index (χ2v) is 6.35. The van der Waals surface area contributed by atoms with Crippen molar-refractivity contribution in [3.05, 3.63) is 53.6 Å². The molecular formula is C15H11NO4S. The summed E-state index contributed by atoms with van der Waals surface area (Å²) in [5.74, 6) is 0.557. The Labute approximate surface area is 122 Å². The molecule has 0 radical (unpaired) electrons. The van der Waals surface area contributed by atoms with E-state index in [1.165, 1.54) is 30.3 Å². The first kappa shape index (κ1) is 14.8. The number of nitriles is 1. The third-order valence-electron chi connectivity index (χ3n) is 2.72. The SMILES string of the molecule is CS(=O)(=O)c1cccc(Oc2ccc(C=O)cc2C#N)c1. The zero-order valence-electron chi connectivity index (χ0n) is 11.1. The minimum absolute atomic E-state index is 0.128. The number of carbonyl (C=O) groups is 1. The monoisotopic (exact) mass is 301 g/mol. The largest absolute Gasteiger partial charge is 0.456 e. The first-order valence-electron chi connectivity index (χ1n) is 5.91. The molecule has 0 saturated heterocycles. The van der Waals surface area contributed by atoms with E-state index in [0.717, 1.165) is 6.26 Å². The fourth-order valence-electron chi connectivity index (χ4n) is 1.69. The molecule has 0 saturated carbocycles. The highest BCUT2D eigenvalue weighted by Gasteiger charge is 2.10. The minimum Gasteiger partial charge on any atom is -0.456 e. The molecule has 0 atom stereocenters. The maximum absolute atomic E-state index is 11.5. The van der Waals surface area contributed by atoms with Gasteiger partial charge in [0, 0.05) is 11.8 Å². The van der Waals surface area contributed by atoms with Crippen LogP contribution in [0.1, 0.15) is 15.9 Å². The number of carbonyl (C=O) groups excluding carboxylic acids is 1. The molecule has 0 unspecified atom stereocenters. The molecule has 0 aromatic heterocycles. The van der Waals surface area contributed by atoms with Crippen LogP contribution in [0.4, 0.5) is 0 Å². The molecule has 0 N–H and O–H groups in total. The highest BCUT2D eigenvalue weighted by Crippen LogP contribution is 2.27. The standard InChI is InChI=1S/C15H11NO4S/c1-21(18,19)14-4-2-3-13(8-14)20-15-6-5-11(10-17)7-12(15)9-16/h2-8,10H,1H3. The van der Waals surface area contributed by atoms with Crippen molar-refractivity contribution in [2.24, 2.45) is 0 Å². The molecule has 0 aliphatic carbocycles. The van der Waals surface area contributed by atoms with Crippen molar-refractivity contribution in [3.63, 3.8) is 0 Å². The molecule has 0 aliphatic rings. The molecule has 0 bridgehead atoms. The summed E-state index contributed by atoms with van der Waals surface area (Å²) in [6.45, 7) is 0. The molecule has 0 amide bonds. The summed E-state index contributed by atoms with van der Waals surface area (Å²) < 4.78 is 28.5. The van der Waals surface area contributed by atoms with E-state index in [0.29, 0.717) is 17.6 Å². The van der Waals surface area contributed by atoms with Crippen molar-refractivity contribution >= 4 is 16.1 Å². The number of hydrogen-bond donors (Lipinski definition) is 0. The number of rotatable bonds is 4. The highest BCUT2D eigenvalue weighted by molar-refractivity contribution is 7.90. The van der Waals surface area contributed by atoms with E-state index in [9.17, 15) is 13.2 Å². The van der Waals surface area contributed by atoms with Crippen LogP contribution in [-0.2, 0) is 9.84 Å². The summed E-state index contributed by atoms with van der Waals surface area (Å²) in [4.78, 5) is 10.8. The van der Waals surface area contributed by atoms with Gasteiger partial charge in [-0.2, -0.15) is 5.26 Å². The van der Waals surface area contributed by atoms with Gasteiger partial charge < -0.3 is 4.74 Å². The number of aldehydes is 1. The summed E-state index contributed by atoms with van der Waals surface area (Å²) in [6.07, 6.45) is 1.74. The van der Waals surface area contributed by atoms with E-state index < -0.39 is 9.84 Å². The van der Waals surface area contributed by atoms with Crippen molar-refractivity contribution < 1.29 is 17.9 Å². The molecule has 2 aromatic carbocycles. The zero-order chi connectivity index (χ0) is 15.5. The van der Waals surface area contributed by atoms with E-state index >= 15 is 0 Å². The second-order valence-electron chi connectivity index (χ2n) is 4.33. The number of ether oxygens (including phenoxy) is 1. The van der Waals surface area contributed by atoms with Crippen molar-refractivity contribution in [3.8, 4) is 17.6 Å². The Morgan fingerprint density at radius 1 is 1.19 bits per heavy atom. The van der Waals surface area contributed by atoms with Gasteiger partial charge in [0.25, 0.3) is 0 Å². The predicted molar refractivity (Wildman–Crippen MR) is 76.2 cm³/mol. The van der Waals surface area contributed by atoms with Gasteiger partial charge in [-0.05, 0) is 36.4 Å². The summed E-state index contributed by atoms with van der Waals surface area (Å²) in [7, 11) is -3.34.